The highest BCUT2D eigenvalue weighted by molar-refractivity contribution is 5.50. The van der Waals surface area contributed by atoms with Gasteiger partial charge in [-0.05, 0) is 30.7 Å². The van der Waals surface area contributed by atoms with E-state index in [-0.39, 0.29) is 12.1 Å². The molecule has 1 unspecified atom stereocenters. The molecule has 2 rings (SSSR count). The summed E-state index contributed by atoms with van der Waals surface area (Å²) in [6.07, 6.45) is 0. The Morgan fingerprint density at radius 3 is 2.50 bits per heavy atom. The predicted molar refractivity (Wildman–Crippen MR) is 77.7 cm³/mol. The fourth-order valence-corrected chi connectivity index (χ4v) is 2.30. The predicted octanol–water partition coefficient (Wildman–Crippen LogP) is 3.41. The topological polar surface area (TPSA) is 29.3 Å². The molecule has 0 saturated heterocycles. The molecule has 0 saturated carbocycles. The van der Waals surface area contributed by atoms with Gasteiger partial charge in [-0.1, -0.05) is 24.3 Å². The lowest BCUT2D eigenvalue weighted by molar-refractivity contribution is 0.486. The van der Waals surface area contributed by atoms with Gasteiger partial charge in [0.25, 0.3) is 0 Å². The van der Waals surface area contributed by atoms with Crippen LogP contribution < -0.4 is 10.6 Å². The van der Waals surface area contributed by atoms with Gasteiger partial charge in [0.2, 0.25) is 0 Å². The van der Waals surface area contributed by atoms with Crippen LogP contribution in [0.2, 0.25) is 0 Å². The highest BCUT2D eigenvalue weighted by Crippen LogP contribution is 2.28. The fourth-order valence-electron chi connectivity index (χ4n) is 2.30. The van der Waals surface area contributed by atoms with Crippen molar-refractivity contribution < 1.29 is 8.78 Å². The molecule has 0 heterocycles. The molecule has 106 valence electrons. The molecule has 0 amide bonds. The molecule has 2 N–H and O–H groups in total. The van der Waals surface area contributed by atoms with E-state index in [1.54, 1.807) is 6.07 Å². The van der Waals surface area contributed by atoms with Gasteiger partial charge >= 0.3 is 0 Å². The summed E-state index contributed by atoms with van der Waals surface area (Å²) in [5.74, 6) is -1.68. The number of hydrogen-bond acceptors (Lipinski definition) is 2. The summed E-state index contributed by atoms with van der Waals surface area (Å²) in [6.45, 7) is 2.18. The summed E-state index contributed by atoms with van der Waals surface area (Å²) in [6, 6.07) is 11.6. The van der Waals surface area contributed by atoms with Gasteiger partial charge in [-0.25, -0.2) is 8.78 Å². The zero-order valence-corrected chi connectivity index (χ0v) is 11.6. The second-order valence-corrected chi connectivity index (χ2v) is 4.84. The van der Waals surface area contributed by atoms with Gasteiger partial charge in [-0.15, -0.1) is 0 Å². The normalized spacial score (nSPS) is 12.2. The third kappa shape index (κ3) is 2.80. The number of nitrogens with two attached hydrogens (primary N) is 1. The molecular formula is C16H18F2N2. The largest absolute Gasteiger partial charge is 0.366 e. The summed E-state index contributed by atoms with van der Waals surface area (Å²) in [5, 5.41) is 0. The van der Waals surface area contributed by atoms with Crippen LogP contribution in [0.4, 0.5) is 14.5 Å². The van der Waals surface area contributed by atoms with Crippen molar-refractivity contribution in [2.24, 2.45) is 5.73 Å². The fraction of sp³-hybridized carbons (Fsp3) is 0.250. The Kier molecular flexibility index (Phi) is 4.35. The van der Waals surface area contributed by atoms with Crippen molar-refractivity contribution in [3.05, 3.63) is 65.2 Å². The van der Waals surface area contributed by atoms with Crippen molar-refractivity contribution in [2.75, 3.05) is 18.5 Å². The molecule has 0 radical (unpaired) electrons. The van der Waals surface area contributed by atoms with E-state index in [0.29, 0.717) is 0 Å². The maximum Gasteiger partial charge on any atom is 0.164 e. The average Bonchev–Trinajstić information content (AvgIpc) is 2.44. The SMILES string of the molecule is Cc1cccc(N(C)C(CN)c2cccc(F)c2F)c1. The quantitative estimate of drug-likeness (QED) is 0.927. The van der Waals surface area contributed by atoms with Crippen LogP contribution in [0.3, 0.4) is 0 Å². The van der Waals surface area contributed by atoms with Gasteiger partial charge in [0, 0.05) is 24.8 Å². The summed E-state index contributed by atoms with van der Waals surface area (Å²) in [7, 11) is 1.83. The minimum absolute atomic E-state index is 0.199. The molecule has 20 heavy (non-hydrogen) atoms. The average molecular weight is 276 g/mol. The van der Waals surface area contributed by atoms with Crippen molar-refractivity contribution in [2.45, 2.75) is 13.0 Å². The number of nitrogens with zero attached hydrogens (tertiary/aromatic N) is 1. The van der Waals surface area contributed by atoms with Crippen LogP contribution in [-0.4, -0.2) is 13.6 Å². The van der Waals surface area contributed by atoms with Crippen molar-refractivity contribution in [3.8, 4) is 0 Å². The number of aryl methyl sites for hydroxylation is 1. The lowest BCUT2D eigenvalue weighted by atomic mass is 10.0. The van der Waals surface area contributed by atoms with Crippen LogP contribution >= 0.6 is 0 Å². The molecular weight excluding hydrogens is 258 g/mol. The molecule has 0 fully saturated rings. The van der Waals surface area contributed by atoms with Crippen molar-refractivity contribution in [3.63, 3.8) is 0 Å². The Bertz CT molecular complexity index is 599. The highest BCUT2D eigenvalue weighted by atomic mass is 19.2. The van der Waals surface area contributed by atoms with Crippen LogP contribution in [0.5, 0.6) is 0 Å². The third-order valence-electron chi connectivity index (χ3n) is 3.44. The summed E-state index contributed by atoms with van der Waals surface area (Å²) in [5.41, 5.74) is 8.07. The monoisotopic (exact) mass is 276 g/mol. The third-order valence-corrected chi connectivity index (χ3v) is 3.44. The Morgan fingerprint density at radius 2 is 1.85 bits per heavy atom. The van der Waals surface area contributed by atoms with E-state index in [9.17, 15) is 8.78 Å². The van der Waals surface area contributed by atoms with Gasteiger partial charge in [0.15, 0.2) is 11.6 Å². The molecule has 0 aliphatic heterocycles. The number of halogens is 2. The Hall–Kier alpha value is -1.94. The Labute approximate surface area is 117 Å². The van der Waals surface area contributed by atoms with Crippen molar-refractivity contribution >= 4 is 5.69 Å². The molecule has 2 aromatic carbocycles. The lowest BCUT2D eigenvalue weighted by Gasteiger charge is -2.30. The zero-order valence-electron chi connectivity index (χ0n) is 11.6. The molecule has 0 aliphatic carbocycles. The van der Waals surface area contributed by atoms with E-state index in [0.717, 1.165) is 17.3 Å². The first-order chi connectivity index (χ1) is 9.54. The minimum atomic E-state index is -0.849. The van der Waals surface area contributed by atoms with E-state index >= 15 is 0 Å². The van der Waals surface area contributed by atoms with E-state index in [4.69, 9.17) is 5.73 Å². The number of benzene rings is 2. The van der Waals surface area contributed by atoms with Crippen LogP contribution in [0, 0.1) is 18.6 Å². The first kappa shape index (κ1) is 14.5. The highest BCUT2D eigenvalue weighted by Gasteiger charge is 2.21. The molecule has 0 spiro atoms. The number of rotatable bonds is 4. The second-order valence-electron chi connectivity index (χ2n) is 4.84. The van der Waals surface area contributed by atoms with Crippen LogP contribution in [-0.2, 0) is 0 Å². The zero-order chi connectivity index (χ0) is 14.7. The molecule has 1 atom stereocenters. The van der Waals surface area contributed by atoms with Crippen LogP contribution in [0.1, 0.15) is 17.2 Å². The van der Waals surface area contributed by atoms with Crippen molar-refractivity contribution in [1.82, 2.24) is 0 Å². The maximum absolute atomic E-state index is 13.9. The molecule has 2 aromatic rings. The van der Waals surface area contributed by atoms with Gasteiger partial charge < -0.3 is 10.6 Å². The number of likely N-dealkylation sites (N-methyl/N-ethyl adjacent to an activating group) is 1. The molecule has 2 nitrogen and oxygen atoms in total. The first-order valence-electron chi connectivity index (χ1n) is 6.48. The van der Waals surface area contributed by atoms with Crippen LogP contribution in [0.15, 0.2) is 42.5 Å². The Balaban J connectivity index is 2.39. The molecule has 0 aliphatic rings. The molecule has 0 aromatic heterocycles. The Morgan fingerprint density at radius 1 is 1.15 bits per heavy atom. The smallest absolute Gasteiger partial charge is 0.164 e. The number of hydrogen-bond donors (Lipinski definition) is 1. The molecule has 4 heteroatoms. The van der Waals surface area contributed by atoms with Crippen molar-refractivity contribution in [1.29, 1.82) is 0 Å². The summed E-state index contributed by atoms with van der Waals surface area (Å²) < 4.78 is 27.3. The standard InChI is InChI=1S/C16H18F2N2/c1-11-5-3-6-12(9-11)20(2)15(10-19)13-7-4-8-14(17)16(13)18/h3-9,15H,10,19H2,1-2H3. The van der Waals surface area contributed by atoms with Gasteiger partial charge in [0.1, 0.15) is 0 Å². The van der Waals surface area contributed by atoms with E-state index in [2.05, 4.69) is 0 Å². The first-order valence-corrected chi connectivity index (χ1v) is 6.48. The van der Waals surface area contributed by atoms with E-state index in [1.807, 2.05) is 43.1 Å². The minimum Gasteiger partial charge on any atom is -0.366 e. The molecule has 0 bridgehead atoms. The summed E-state index contributed by atoms with van der Waals surface area (Å²) >= 11 is 0. The van der Waals surface area contributed by atoms with Crippen LogP contribution in [0.25, 0.3) is 0 Å². The van der Waals surface area contributed by atoms with E-state index in [1.165, 1.54) is 6.07 Å². The van der Waals surface area contributed by atoms with Gasteiger partial charge in [-0.3, -0.25) is 0 Å². The van der Waals surface area contributed by atoms with Gasteiger partial charge in [0.05, 0.1) is 6.04 Å². The van der Waals surface area contributed by atoms with Gasteiger partial charge in [-0.2, -0.15) is 0 Å². The van der Waals surface area contributed by atoms with E-state index < -0.39 is 17.7 Å². The number of anilines is 1. The second kappa shape index (κ2) is 6.01. The summed E-state index contributed by atoms with van der Waals surface area (Å²) in [4.78, 5) is 1.87. The lowest BCUT2D eigenvalue weighted by Crippen LogP contribution is -2.31. The maximum atomic E-state index is 13.9.